The van der Waals surface area contributed by atoms with Crippen LogP contribution in [0.4, 0.5) is 0 Å². The number of rotatable bonds is 7. The summed E-state index contributed by atoms with van der Waals surface area (Å²) in [5.41, 5.74) is 1.60. The van der Waals surface area contributed by atoms with Gasteiger partial charge in [-0.05, 0) is 56.2 Å². The van der Waals surface area contributed by atoms with Crippen LogP contribution >= 0.6 is 11.3 Å². The summed E-state index contributed by atoms with van der Waals surface area (Å²) in [6.07, 6.45) is 8.37. The monoisotopic (exact) mass is 385 g/mol. The maximum atomic E-state index is 6.38. The Morgan fingerprint density at radius 1 is 1.11 bits per heavy atom. The van der Waals surface area contributed by atoms with Crippen LogP contribution in [0.2, 0.25) is 0 Å². The van der Waals surface area contributed by atoms with Crippen molar-refractivity contribution in [1.29, 1.82) is 0 Å². The molecule has 146 valence electrons. The van der Waals surface area contributed by atoms with E-state index < -0.39 is 0 Å². The van der Waals surface area contributed by atoms with Crippen molar-refractivity contribution in [3.63, 3.8) is 0 Å². The topological polar surface area (TPSA) is 30.5 Å². The molecule has 0 radical (unpaired) electrons. The third kappa shape index (κ3) is 4.08. The van der Waals surface area contributed by atoms with Crippen molar-refractivity contribution in [3.05, 3.63) is 52.2 Å². The standard InChI is InChI=1S/C23H31NO2S/c1-25-21-9-3-2-8-20(21)22(12-14-24-17-19-7-6-16-27-19)13-15-26-23(18-22)10-4-5-11-23/h2-3,6-9,16,24H,4-5,10-15,17-18H2,1H3. The summed E-state index contributed by atoms with van der Waals surface area (Å²) < 4.78 is 12.2. The molecular weight excluding hydrogens is 354 g/mol. The minimum absolute atomic E-state index is 0.0901. The molecule has 1 saturated carbocycles. The fourth-order valence-electron chi connectivity index (χ4n) is 5.17. The van der Waals surface area contributed by atoms with Gasteiger partial charge in [0.05, 0.1) is 12.7 Å². The zero-order valence-electron chi connectivity index (χ0n) is 16.3. The summed E-state index contributed by atoms with van der Waals surface area (Å²) in [5.74, 6) is 1.03. The van der Waals surface area contributed by atoms with Crippen molar-refractivity contribution in [2.45, 2.75) is 62.5 Å². The molecule has 1 spiro atoms. The van der Waals surface area contributed by atoms with Gasteiger partial charge < -0.3 is 14.8 Å². The molecule has 2 fully saturated rings. The number of nitrogens with one attached hydrogen (secondary N) is 1. The van der Waals surface area contributed by atoms with Crippen molar-refractivity contribution in [3.8, 4) is 5.75 Å². The molecule has 0 amide bonds. The maximum absolute atomic E-state index is 6.38. The summed E-state index contributed by atoms with van der Waals surface area (Å²) in [4.78, 5) is 1.40. The number of ether oxygens (including phenoxy) is 2. The zero-order valence-corrected chi connectivity index (χ0v) is 17.2. The van der Waals surface area contributed by atoms with Crippen LogP contribution in [-0.2, 0) is 16.7 Å². The number of hydrogen-bond donors (Lipinski definition) is 1. The highest BCUT2D eigenvalue weighted by Crippen LogP contribution is 2.51. The highest BCUT2D eigenvalue weighted by atomic mass is 32.1. The molecular formula is C23H31NO2S. The van der Waals surface area contributed by atoms with Crippen molar-refractivity contribution >= 4 is 11.3 Å². The molecule has 2 heterocycles. The first-order valence-corrected chi connectivity index (χ1v) is 11.1. The van der Waals surface area contributed by atoms with Crippen molar-refractivity contribution < 1.29 is 9.47 Å². The molecule has 1 N–H and O–H groups in total. The van der Waals surface area contributed by atoms with Crippen molar-refractivity contribution in [2.24, 2.45) is 0 Å². The van der Waals surface area contributed by atoms with Gasteiger partial charge in [0.25, 0.3) is 0 Å². The molecule has 2 aromatic rings. The molecule has 2 aliphatic rings. The lowest BCUT2D eigenvalue weighted by atomic mass is 9.66. The van der Waals surface area contributed by atoms with E-state index in [2.05, 4.69) is 47.1 Å². The third-order valence-corrected chi connectivity index (χ3v) is 7.38. The van der Waals surface area contributed by atoms with Gasteiger partial charge in [-0.25, -0.2) is 0 Å². The summed E-state index contributed by atoms with van der Waals surface area (Å²) in [5, 5.41) is 5.82. The van der Waals surface area contributed by atoms with Gasteiger partial charge in [-0.15, -0.1) is 11.3 Å². The lowest BCUT2D eigenvalue weighted by molar-refractivity contribution is -0.104. The number of thiophene rings is 1. The largest absolute Gasteiger partial charge is 0.496 e. The molecule has 4 rings (SSSR count). The molecule has 1 aliphatic heterocycles. The van der Waals surface area contributed by atoms with Crippen molar-refractivity contribution in [1.82, 2.24) is 5.32 Å². The predicted molar refractivity (Wildman–Crippen MR) is 112 cm³/mol. The van der Waals surface area contributed by atoms with Crippen LogP contribution < -0.4 is 10.1 Å². The summed E-state index contributed by atoms with van der Waals surface area (Å²) in [6.45, 7) is 2.84. The Morgan fingerprint density at radius 2 is 1.96 bits per heavy atom. The fraction of sp³-hybridized carbons (Fsp3) is 0.565. The minimum Gasteiger partial charge on any atom is -0.496 e. The molecule has 1 aliphatic carbocycles. The van der Waals surface area contributed by atoms with Crippen LogP contribution in [-0.4, -0.2) is 25.9 Å². The molecule has 1 aromatic carbocycles. The maximum Gasteiger partial charge on any atom is 0.122 e. The van der Waals surface area contributed by atoms with E-state index in [4.69, 9.17) is 9.47 Å². The molecule has 4 heteroatoms. The Hall–Kier alpha value is -1.36. The second kappa shape index (κ2) is 8.34. The first kappa shape index (κ1) is 19.0. The Morgan fingerprint density at radius 3 is 2.74 bits per heavy atom. The first-order chi connectivity index (χ1) is 13.3. The molecule has 0 bridgehead atoms. The smallest absolute Gasteiger partial charge is 0.122 e. The van der Waals surface area contributed by atoms with Crippen LogP contribution in [0.3, 0.4) is 0 Å². The number of para-hydroxylation sites is 1. The quantitative estimate of drug-likeness (QED) is 0.656. The van der Waals surface area contributed by atoms with Gasteiger partial charge in [0.1, 0.15) is 5.75 Å². The summed E-state index contributed by atoms with van der Waals surface area (Å²) in [7, 11) is 1.80. The van der Waals surface area contributed by atoms with Gasteiger partial charge in [-0.2, -0.15) is 0 Å². The van der Waals surface area contributed by atoms with Gasteiger partial charge in [-0.3, -0.25) is 0 Å². The van der Waals surface area contributed by atoms with E-state index in [1.165, 1.54) is 36.1 Å². The Balaban J connectivity index is 1.55. The lowest BCUT2D eigenvalue weighted by Gasteiger charge is -2.47. The second-order valence-electron chi connectivity index (χ2n) is 8.15. The SMILES string of the molecule is COc1ccccc1C1(CCNCc2cccs2)CCOC2(CCCC2)C1. The van der Waals surface area contributed by atoms with E-state index in [1.807, 2.05) is 11.3 Å². The number of methoxy groups -OCH3 is 1. The van der Waals surface area contributed by atoms with Crippen LogP contribution in [0.1, 0.15) is 55.4 Å². The zero-order chi connectivity index (χ0) is 18.6. The van der Waals surface area contributed by atoms with Gasteiger partial charge in [-0.1, -0.05) is 37.1 Å². The van der Waals surface area contributed by atoms with Gasteiger partial charge in [0.2, 0.25) is 0 Å². The first-order valence-electron chi connectivity index (χ1n) is 10.3. The van der Waals surface area contributed by atoms with E-state index in [9.17, 15) is 0 Å². The van der Waals surface area contributed by atoms with E-state index in [0.29, 0.717) is 0 Å². The normalized spacial score (nSPS) is 24.3. The van der Waals surface area contributed by atoms with Gasteiger partial charge >= 0.3 is 0 Å². The average molecular weight is 386 g/mol. The van der Waals surface area contributed by atoms with E-state index in [-0.39, 0.29) is 11.0 Å². The Labute approximate surface area is 167 Å². The predicted octanol–water partition coefficient (Wildman–Crippen LogP) is 5.30. The highest BCUT2D eigenvalue weighted by molar-refractivity contribution is 7.09. The Bertz CT molecular complexity index is 724. The number of benzene rings is 1. The van der Waals surface area contributed by atoms with Crippen molar-refractivity contribution in [2.75, 3.05) is 20.3 Å². The van der Waals surface area contributed by atoms with Gasteiger partial charge in [0.15, 0.2) is 0 Å². The molecule has 1 atom stereocenters. The molecule has 3 nitrogen and oxygen atoms in total. The fourth-order valence-corrected chi connectivity index (χ4v) is 5.85. The Kier molecular flexibility index (Phi) is 5.86. The van der Waals surface area contributed by atoms with Crippen LogP contribution in [0.25, 0.3) is 0 Å². The summed E-state index contributed by atoms with van der Waals surface area (Å²) >= 11 is 1.82. The average Bonchev–Trinajstić information content (AvgIpc) is 3.38. The van der Waals surface area contributed by atoms with E-state index >= 15 is 0 Å². The molecule has 1 aromatic heterocycles. The third-order valence-electron chi connectivity index (χ3n) is 6.50. The van der Waals surface area contributed by atoms with Gasteiger partial charge in [0, 0.05) is 29.0 Å². The molecule has 1 unspecified atom stereocenters. The second-order valence-corrected chi connectivity index (χ2v) is 9.18. The summed E-state index contributed by atoms with van der Waals surface area (Å²) in [6, 6.07) is 13.0. The van der Waals surface area contributed by atoms with Crippen LogP contribution in [0, 0.1) is 0 Å². The number of hydrogen-bond acceptors (Lipinski definition) is 4. The molecule has 1 saturated heterocycles. The highest BCUT2D eigenvalue weighted by Gasteiger charge is 2.48. The molecule has 27 heavy (non-hydrogen) atoms. The van der Waals surface area contributed by atoms with E-state index in [1.54, 1.807) is 7.11 Å². The van der Waals surface area contributed by atoms with Crippen LogP contribution in [0.5, 0.6) is 5.75 Å². The van der Waals surface area contributed by atoms with Crippen LogP contribution in [0.15, 0.2) is 41.8 Å². The van der Waals surface area contributed by atoms with E-state index in [0.717, 1.165) is 44.7 Å². The minimum atomic E-state index is 0.0901. The lowest BCUT2D eigenvalue weighted by Crippen LogP contribution is -2.47.